The predicted molar refractivity (Wildman–Crippen MR) is 65.6 cm³/mol. The maximum atomic E-state index is 11.9. The van der Waals surface area contributed by atoms with Crippen molar-refractivity contribution in [2.75, 3.05) is 19.7 Å². The van der Waals surface area contributed by atoms with Gasteiger partial charge < -0.3 is 19.3 Å². The van der Waals surface area contributed by atoms with Crippen molar-refractivity contribution < 1.29 is 24.0 Å². The molecule has 20 heavy (non-hydrogen) atoms. The lowest BCUT2D eigenvalue weighted by atomic mass is 9.98. The minimum Gasteiger partial charge on any atom is -0.481 e. The van der Waals surface area contributed by atoms with Crippen molar-refractivity contribution in [3.05, 3.63) is 11.7 Å². The first-order valence-corrected chi connectivity index (χ1v) is 6.44. The highest BCUT2D eigenvalue weighted by atomic mass is 16.5. The van der Waals surface area contributed by atoms with Crippen molar-refractivity contribution in [2.24, 2.45) is 5.92 Å². The highest BCUT2D eigenvalue weighted by Gasteiger charge is 2.28. The van der Waals surface area contributed by atoms with Gasteiger partial charge in [-0.05, 0) is 19.8 Å². The van der Waals surface area contributed by atoms with Crippen molar-refractivity contribution in [3.63, 3.8) is 0 Å². The number of rotatable bonds is 5. The molecule has 0 spiro atoms. The summed E-state index contributed by atoms with van der Waals surface area (Å²) in [7, 11) is 0. The van der Waals surface area contributed by atoms with Crippen LogP contribution in [-0.4, -0.2) is 51.7 Å². The monoisotopic (exact) mass is 283 g/mol. The largest absolute Gasteiger partial charge is 0.481 e. The zero-order valence-corrected chi connectivity index (χ0v) is 11.2. The first kappa shape index (κ1) is 14.4. The average Bonchev–Trinajstić information content (AvgIpc) is 2.84. The average molecular weight is 283 g/mol. The Kier molecular flexibility index (Phi) is 4.67. The number of aromatic nitrogens is 2. The molecule has 0 saturated carbocycles. The van der Waals surface area contributed by atoms with Crippen LogP contribution in [0.3, 0.4) is 0 Å². The number of nitrogens with zero attached hydrogens (tertiary/aromatic N) is 3. The number of hydrogen-bond donors (Lipinski definition) is 1. The standard InChI is InChI=1S/C12H17N3O5/c1-8-13-10(20-14-8)6-19-7-11(16)15-4-2-3-9(5-15)12(17)18/h9H,2-7H2,1H3,(H,17,18)/t9-/m0/s1. The second-order valence-electron chi connectivity index (χ2n) is 4.75. The van der Waals surface area contributed by atoms with E-state index in [1.807, 2.05) is 0 Å². The van der Waals surface area contributed by atoms with Gasteiger partial charge in [0.15, 0.2) is 5.82 Å². The molecule has 1 N–H and O–H groups in total. The van der Waals surface area contributed by atoms with Gasteiger partial charge in [0.25, 0.3) is 5.89 Å². The fraction of sp³-hybridized carbons (Fsp3) is 0.667. The molecule has 8 heteroatoms. The van der Waals surface area contributed by atoms with Gasteiger partial charge in [0, 0.05) is 13.1 Å². The van der Waals surface area contributed by atoms with Crippen molar-refractivity contribution in [1.29, 1.82) is 0 Å². The summed E-state index contributed by atoms with van der Waals surface area (Å²) in [5.41, 5.74) is 0. The van der Waals surface area contributed by atoms with E-state index < -0.39 is 11.9 Å². The summed E-state index contributed by atoms with van der Waals surface area (Å²) >= 11 is 0. The lowest BCUT2D eigenvalue weighted by Gasteiger charge is -2.30. The molecular weight excluding hydrogens is 266 g/mol. The zero-order chi connectivity index (χ0) is 14.5. The fourth-order valence-corrected chi connectivity index (χ4v) is 2.12. The van der Waals surface area contributed by atoms with Gasteiger partial charge in [-0.2, -0.15) is 4.98 Å². The summed E-state index contributed by atoms with van der Waals surface area (Å²) in [5.74, 6) is -0.726. The van der Waals surface area contributed by atoms with E-state index in [1.54, 1.807) is 6.92 Å². The molecule has 1 aromatic rings. The second kappa shape index (κ2) is 6.47. The van der Waals surface area contributed by atoms with E-state index in [0.717, 1.165) is 0 Å². The van der Waals surface area contributed by atoms with Gasteiger partial charge in [-0.15, -0.1) is 0 Å². The maximum absolute atomic E-state index is 11.9. The zero-order valence-electron chi connectivity index (χ0n) is 11.2. The fourth-order valence-electron chi connectivity index (χ4n) is 2.12. The summed E-state index contributed by atoms with van der Waals surface area (Å²) in [6, 6.07) is 0. The molecule has 0 radical (unpaired) electrons. The number of amides is 1. The smallest absolute Gasteiger partial charge is 0.308 e. The molecule has 0 aromatic carbocycles. The number of ether oxygens (including phenoxy) is 1. The van der Waals surface area contributed by atoms with E-state index in [4.69, 9.17) is 14.4 Å². The van der Waals surface area contributed by atoms with E-state index >= 15 is 0 Å². The molecule has 0 unspecified atom stereocenters. The third-order valence-electron chi connectivity index (χ3n) is 3.14. The predicted octanol–water partition coefficient (Wildman–Crippen LogP) is 0.218. The number of aliphatic carboxylic acids is 1. The summed E-state index contributed by atoms with van der Waals surface area (Å²) < 4.78 is 10.1. The minimum absolute atomic E-state index is 0.0722. The highest BCUT2D eigenvalue weighted by Crippen LogP contribution is 2.16. The number of piperidine rings is 1. The molecule has 1 fully saturated rings. The third kappa shape index (κ3) is 3.77. The number of aryl methyl sites for hydroxylation is 1. The van der Waals surface area contributed by atoms with Gasteiger partial charge >= 0.3 is 5.97 Å². The molecule has 1 amide bonds. The van der Waals surface area contributed by atoms with Crippen molar-refractivity contribution in [1.82, 2.24) is 15.0 Å². The van der Waals surface area contributed by atoms with Crippen LogP contribution < -0.4 is 0 Å². The first-order valence-electron chi connectivity index (χ1n) is 6.44. The number of hydrogen-bond acceptors (Lipinski definition) is 6. The summed E-state index contributed by atoms with van der Waals surface area (Å²) in [6.07, 6.45) is 1.31. The third-order valence-corrected chi connectivity index (χ3v) is 3.14. The van der Waals surface area contributed by atoms with Gasteiger partial charge in [0.2, 0.25) is 5.91 Å². The topological polar surface area (TPSA) is 106 Å². The van der Waals surface area contributed by atoms with E-state index in [2.05, 4.69) is 10.1 Å². The molecule has 1 atom stereocenters. The summed E-state index contributed by atoms with van der Waals surface area (Å²) in [5, 5.41) is 12.6. The minimum atomic E-state index is -0.857. The normalized spacial score (nSPS) is 19.1. The maximum Gasteiger partial charge on any atom is 0.308 e. The van der Waals surface area contributed by atoms with Gasteiger partial charge in [0.05, 0.1) is 5.92 Å². The number of carboxylic acid groups (broad SMARTS) is 1. The van der Waals surface area contributed by atoms with Crippen LogP contribution in [0, 0.1) is 12.8 Å². The Balaban J connectivity index is 1.75. The number of carboxylic acids is 1. The van der Waals surface area contributed by atoms with E-state index in [0.29, 0.717) is 31.1 Å². The molecular formula is C12H17N3O5. The molecule has 2 heterocycles. The molecule has 8 nitrogen and oxygen atoms in total. The van der Waals surface area contributed by atoms with Crippen LogP contribution in [0.25, 0.3) is 0 Å². The van der Waals surface area contributed by atoms with Gasteiger partial charge in [-0.25, -0.2) is 0 Å². The Bertz CT molecular complexity index is 487. The van der Waals surface area contributed by atoms with Crippen LogP contribution >= 0.6 is 0 Å². The number of carbonyl (C=O) groups excluding carboxylic acids is 1. The Morgan fingerprint density at radius 2 is 2.35 bits per heavy atom. The summed E-state index contributed by atoms with van der Waals surface area (Å²) in [6.45, 7) is 2.47. The van der Waals surface area contributed by atoms with Gasteiger partial charge in [0.1, 0.15) is 13.2 Å². The second-order valence-corrected chi connectivity index (χ2v) is 4.75. The first-order chi connectivity index (χ1) is 9.56. The van der Waals surface area contributed by atoms with Gasteiger partial charge in [-0.3, -0.25) is 9.59 Å². The quantitative estimate of drug-likeness (QED) is 0.823. The number of likely N-dealkylation sites (tertiary alicyclic amines) is 1. The molecule has 1 saturated heterocycles. The Hall–Kier alpha value is -1.96. The van der Waals surface area contributed by atoms with Crippen molar-refractivity contribution >= 4 is 11.9 Å². The Morgan fingerprint density at radius 3 is 3.00 bits per heavy atom. The van der Waals surface area contributed by atoms with Crippen LogP contribution in [-0.2, 0) is 20.9 Å². The lowest BCUT2D eigenvalue weighted by Crippen LogP contribution is -2.43. The van der Waals surface area contributed by atoms with Crippen molar-refractivity contribution in [2.45, 2.75) is 26.4 Å². The molecule has 2 rings (SSSR count). The van der Waals surface area contributed by atoms with Crippen molar-refractivity contribution in [3.8, 4) is 0 Å². The summed E-state index contributed by atoms with van der Waals surface area (Å²) in [4.78, 5) is 28.3. The van der Waals surface area contributed by atoms with Crippen LogP contribution in [0.4, 0.5) is 0 Å². The van der Waals surface area contributed by atoms with E-state index in [1.165, 1.54) is 4.90 Å². The van der Waals surface area contributed by atoms with Crippen LogP contribution in [0.15, 0.2) is 4.52 Å². The molecule has 1 aliphatic heterocycles. The van der Waals surface area contributed by atoms with E-state index in [-0.39, 0.29) is 25.7 Å². The molecule has 0 bridgehead atoms. The Morgan fingerprint density at radius 1 is 1.55 bits per heavy atom. The van der Waals surface area contributed by atoms with Crippen LogP contribution in [0.1, 0.15) is 24.6 Å². The Labute approximate surface area is 115 Å². The van der Waals surface area contributed by atoms with E-state index in [9.17, 15) is 9.59 Å². The highest BCUT2D eigenvalue weighted by molar-refractivity contribution is 5.79. The van der Waals surface area contributed by atoms with Crippen LogP contribution in [0.5, 0.6) is 0 Å². The molecule has 110 valence electrons. The molecule has 0 aliphatic carbocycles. The van der Waals surface area contributed by atoms with Crippen LogP contribution in [0.2, 0.25) is 0 Å². The SMILES string of the molecule is Cc1noc(COCC(=O)N2CCC[C@H](C(=O)O)C2)n1. The lowest BCUT2D eigenvalue weighted by molar-refractivity contribution is -0.147. The molecule has 1 aliphatic rings. The van der Waals surface area contributed by atoms with Gasteiger partial charge in [-0.1, -0.05) is 5.16 Å². The number of carbonyl (C=O) groups is 2. The molecule has 1 aromatic heterocycles.